The van der Waals surface area contributed by atoms with Crippen LogP contribution in [-0.4, -0.2) is 0 Å². The van der Waals surface area contributed by atoms with Gasteiger partial charge in [0.2, 0.25) is 0 Å². The Bertz CT molecular complexity index is 2330. The van der Waals surface area contributed by atoms with E-state index in [1.807, 2.05) is 0 Å². The second kappa shape index (κ2) is 11.1. The summed E-state index contributed by atoms with van der Waals surface area (Å²) < 4.78 is 0. The second-order valence-corrected chi connectivity index (χ2v) is 12.4. The molecular weight excluding hydrogens is 565 g/mol. The van der Waals surface area contributed by atoms with Crippen molar-refractivity contribution in [3.05, 3.63) is 216 Å². The van der Waals surface area contributed by atoms with Crippen LogP contribution in [0.25, 0.3) is 55.3 Å². The van der Waals surface area contributed by atoms with Crippen molar-refractivity contribution < 1.29 is 0 Å². The highest BCUT2D eigenvalue weighted by atomic mass is 14.5. The Morgan fingerprint density at radius 2 is 0.766 bits per heavy atom. The van der Waals surface area contributed by atoms with Crippen molar-refractivity contribution in [2.24, 2.45) is 0 Å². The summed E-state index contributed by atoms with van der Waals surface area (Å²) in [5.74, 6) is 0. The lowest BCUT2D eigenvalue weighted by atomic mass is 9.67. The van der Waals surface area contributed by atoms with Crippen LogP contribution in [-0.2, 0) is 5.41 Å². The van der Waals surface area contributed by atoms with Crippen molar-refractivity contribution in [1.29, 1.82) is 0 Å². The Kier molecular flexibility index (Phi) is 6.47. The second-order valence-electron chi connectivity index (χ2n) is 12.4. The quantitative estimate of drug-likeness (QED) is 0.185. The summed E-state index contributed by atoms with van der Waals surface area (Å²) in [4.78, 5) is 0. The molecule has 47 heavy (non-hydrogen) atoms. The number of rotatable bonds is 5. The number of benzene rings is 8. The summed E-state index contributed by atoms with van der Waals surface area (Å²) >= 11 is 0. The third-order valence-corrected chi connectivity index (χ3v) is 9.94. The lowest BCUT2D eigenvalue weighted by molar-refractivity contribution is 0.769. The number of hydrogen-bond acceptors (Lipinski definition) is 0. The predicted molar refractivity (Wildman–Crippen MR) is 198 cm³/mol. The average Bonchev–Trinajstić information content (AvgIpc) is 3.46. The summed E-state index contributed by atoms with van der Waals surface area (Å²) in [6.45, 7) is 0. The van der Waals surface area contributed by atoms with Crippen LogP contribution >= 0.6 is 0 Å². The first-order valence-electron chi connectivity index (χ1n) is 16.4. The Balaban J connectivity index is 1.39. The van der Waals surface area contributed by atoms with Crippen LogP contribution in [0.4, 0.5) is 0 Å². The topological polar surface area (TPSA) is 0 Å². The third-order valence-electron chi connectivity index (χ3n) is 9.94. The lowest BCUT2D eigenvalue weighted by Crippen LogP contribution is -2.28. The molecule has 0 N–H and O–H groups in total. The summed E-state index contributed by atoms with van der Waals surface area (Å²) in [5.41, 5.74) is 14.7. The van der Waals surface area contributed by atoms with E-state index in [9.17, 15) is 0 Å². The molecule has 0 aromatic heterocycles. The van der Waals surface area contributed by atoms with E-state index in [4.69, 9.17) is 0 Å². The minimum absolute atomic E-state index is 0.506. The highest BCUT2D eigenvalue weighted by Gasteiger charge is 2.47. The maximum atomic E-state index is 2.49. The molecule has 0 heteroatoms. The third kappa shape index (κ3) is 4.30. The van der Waals surface area contributed by atoms with Crippen LogP contribution in [0.5, 0.6) is 0 Å². The van der Waals surface area contributed by atoms with Gasteiger partial charge in [-0.3, -0.25) is 0 Å². The van der Waals surface area contributed by atoms with E-state index in [1.54, 1.807) is 0 Å². The smallest absolute Gasteiger partial charge is 0.0622 e. The number of hydrogen-bond donors (Lipinski definition) is 0. The molecule has 0 bridgehead atoms. The van der Waals surface area contributed by atoms with E-state index in [0.29, 0.717) is 0 Å². The van der Waals surface area contributed by atoms with Crippen molar-refractivity contribution in [2.75, 3.05) is 0 Å². The lowest BCUT2D eigenvalue weighted by Gasteiger charge is -2.34. The summed E-state index contributed by atoms with van der Waals surface area (Å²) in [6, 6.07) is 71.3. The van der Waals surface area contributed by atoms with Crippen LogP contribution in [0.3, 0.4) is 0 Å². The zero-order valence-electron chi connectivity index (χ0n) is 26.0. The van der Waals surface area contributed by atoms with E-state index in [1.165, 1.54) is 77.5 Å². The van der Waals surface area contributed by atoms with Crippen LogP contribution in [0.15, 0.2) is 194 Å². The van der Waals surface area contributed by atoms with E-state index >= 15 is 0 Å². The van der Waals surface area contributed by atoms with Crippen molar-refractivity contribution in [3.63, 3.8) is 0 Å². The molecule has 0 saturated heterocycles. The Labute approximate surface area is 276 Å². The van der Waals surface area contributed by atoms with Gasteiger partial charge >= 0.3 is 0 Å². The zero-order chi connectivity index (χ0) is 31.2. The fraction of sp³-hybridized carbons (Fsp3) is 0.0213. The molecule has 0 aliphatic heterocycles. The summed E-state index contributed by atoms with van der Waals surface area (Å²) in [7, 11) is 0. The predicted octanol–water partition coefficient (Wildman–Crippen LogP) is 12.2. The highest BCUT2D eigenvalue weighted by molar-refractivity contribution is 6.10. The van der Waals surface area contributed by atoms with Gasteiger partial charge in [0.25, 0.3) is 0 Å². The summed E-state index contributed by atoms with van der Waals surface area (Å²) in [6.07, 6.45) is 0. The van der Waals surface area contributed by atoms with Crippen molar-refractivity contribution in [3.8, 4) is 44.5 Å². The standard InChI is InChI=1S/C47H32/c1-5-16-33(17-6-1)35-20-15-21-36(30-35)37-28-29-42-44(31-37)47(38-22-9-3-10-23-38,39-24-11-4-12-25-39)45-32-43(34-18-7-2-8-19-34)40-26-13-14-27-41(40)46(42)45/h1-32H. The van der Waals surface area contributed by atoms with E-state index in [2.05, 4.69) is 194 Å². The van der Waals surface area contributed by atoms with Crippen LogP contribution < -0.4 is 0 Å². The van der Waals surface area contributed by atoms with Gasteiger partial charge < -0.3 is 0 Å². The van der Waals surface area contributed by atoms with Gasteiger partial charge in [-0.1, -0.05) is 176 Å². The molecule has 1 aliphatic rings. The molecule has 1 aliphatic carbocycles. The van der Waals surface area contributed by atoms with E-state index in [-0.39, 0.29) is 0 Å². The molecule has 9 rings (SSSR count). The average molecular weight is 597 g/mol. The maximum Gasteiger partial charge on any atom is 0.0714 e. The van der Waals surface area contributed by atoms with Crippen molar-refractivity contribution >= 4 is 10.8 Å². The maximum absolute atomic E-state index is 2.49. The molecule has 220 valence electrons. The molecule has 8 aromatic carbocycles. The first-order valence-corrected chi connectivity index (χ1v) is 16.4. The first-order chi connectivity index (χ1) is 23.3. The van der Waals surface area contributed by atoms with E-state index < -0.39 is 5.41 Å². The molecular formula is C47H32. The molecule has 0 nitrogen and oxygen atoms in total. The monoisotopic (exact) mass is 596 g/mol. The van der Waals surface area contributed by atoms with Gasteiger partial charge in [-0.2, -0.15) is 0 Å². The van der Waals surface area contributed by atoms with Crippen LogP contribution in [0.2, 0.25) is 0 Å². The zero-order valence-corrected chi connectivity index (χ0v) is 26.0. The molecule has 0 fully saturated rings. The Morgan fingerprint density at radius 3 is 1.40 bits per heavy atom. The molecule has 0 amide bonds. The van der Waals surface area contributed by atoms with Gasteiger partial charge in [-0.05, 0) is 95.7 Å². The first kappa shape index (κ1) is 27.3. The molecule has 0 saturated carbocycles. The van der Waals surface area contributed by atoms with Crippen LogP contribution in [0.1, 0.15) is 22.3 Å². The van der Waals surface area contributed by atoms with Gasteiger partial charge in [0.05, 0.1) is 5.41 Å². The normalized spacial score (nSPS) is 12.9. The van der Waals surface area contributed by atoms with E-state index in [0.717, 1.165) is 0 Å². The van der Waals surface area contributed by atoms with Gasteiger partial charge in [0, 0.05) is 0 Å². The SMILES string of the molecule is c1ccc(-c2cccc(-c3ccc4c(c3)C(c3ccccc3)(c3ccccc3)c3cc(-c5ccccc5)c5ccccc5c3-4)c2)cc1. The number of fused-ring (bicyclic) bond motifs is 5. The fourth-order valence-electron chi connectivity index (χ4n) is 7.89. The molecule has 0 atom stereocenters. The molecule has 0 unspecified atom stereocenters. The Morgan fingerprint density at radius 1 is 0.277 bits per heavy atom. The molecule has 8 aromatic rings. The van der Waals surface area contributed by atoms with Crippen molar-refractivity contribution in [1.82, 2.24) is 0 Å². The van der Waals surface area contributed by atoms with Gasteiger partial charge in [-0.25, -0.2) is 0 Å². The minimum atomic E-state index is -0.506. The largest absolute Gasteiger partial charge is 0.0714 e. The van der Waals surface area contributed by atoms with Crippen LogP contribution in [0, 0.1) is 0 Å². The van der Waals surface area contributed by atoms with Gasteiger partial charge in [-0.15, -0.1) is 0 Å². The van der Waals surface area contributed by atoms with Gasteiger partial charge in [0.1, 0.15) is 0 Å². The van der Waals surface area contributed by atoms with Crippen molar-refractivity contribution in [2.45, 2.75) is 5.41 Å². The molecule has 0 radical (unpaired) electrons. The highest BCUT2D eigenvalue weighted by Crippen LogP contribution is 2.59. The van der Waals surface area contributed by atoms with Gasteiger partial charge in [0.15, 0.2) is 0 Å². The molecule has 0 heterocycles. The summed E-state index contributed by atoms with van der Waals surface area (Å²) in [5, 5.41) is 2.57. The minimum Gasteiger partial charge on any atom is -0.0622 e. The fourth-order valence-corrected chi connectivity index (χ4v) is 7.89. The molecule has 0 spiro atoms. The Hall–Kier alpha value is -5.98.